The van der Waals surface area contributed by atoms with E-state index >= 15 is 0 Å². The van der Waals surface area contributed by atoms with Crippen molar-refractivity contribution in [1.29, 1.82) is 0 Å². The molecule has 33 heavy (non-hydrogen) atoms. The van der Waals surface area contributed by atoms with Gasteiger partial charge in [-0.2, -0.15) is 0 Å². The summed E-state index contributed by atoms with van der Waals surface area (Å²) in [4.78, 5) is 9.41. The molecule has 6 aromatic rings. The third kappa shape index (κ3) is 3.06. The van der Waals surface area contributed by atoms with Crippen molar-refractivity contribution in [1.82, 2.24) is 4.40 Å². The molecule has 0 N–H and O–H groups in total. The van der Waals surface area contributed by atoms with Crippen LogP contribution in [0.25, 0.3) is 44.8 Å². The molecule has 0 fully saturated rings. The topological polar surface area (TPSA) is 29.1 Å². The second-order valence-electron chi connectivity index (χ2n) is 8.12. The quantitative estimate of drug-likeness (QED) is 0.226. The Balaban J connectivity index is 1.90. The predicted molar refractivity (Wildman–Crippen MR) is 139 cm³/mol. The number of benzene rings is 4. The van der Waals surface area contributed by atoms with E-state index in [9.17, 15) is 0 Å². The second-order valence-corrected chi connectivity index (χ2v) is 8.12. The second kappa shape index (κ2) is 7.57. The van der Waals surface area contributed by atoms with Gasteiger partial charge in [-0.25, -0.2) is 9.98 Å². The van der Waals surface area contributed by atoms with Gasteiger partial charge >= 0.3 is 0 Å². The van der Waals surface area contributed by atoms with Crippen LogP contribution in [-0.2, 0) is 0 Å². The first-order valence-electron chi connectivity index (χ1n) is 10.9. The fourth-order valence-corrected chi connectivity index (χ4v) is 4.61. The Kier molecular flexibility index (Phi) is 4.41. The first-order chi connectivity index (χ1) is 16.2. The molecule has 0 aliphatic rings. The molecule has 0 saturated heterocycles. The van der Waals surface area contributed by atoms with Crippen LogP contribution >= 0.6 is 0 Å². The zero-order valence-corrected chi connectivity index (χ0v) is 18.1. The van der Waals surface area contributed by atoms with Gasteiger partial charge in [0, 0.05) is 16.2 Å². The molecule has 2 aromatic heterocycles. The van der Waals surface area contributed by atoms with Crippen molar-refractivity contribution in [2.45, 2.75) is 0 Å². The van der Waals surface area contributed by atoms with E-state index in [-0.39, 0.29) is 0 Å². The van der Waals surface area contributed by atoms with Crippen LogP contribution in [0, 0.1) is 0 Å². The lowest BCUT2D eigenvalue weighted by Crippen LogP contribution is -2.31. The SMILES string of the molecule is C=Nc1cc(-c2ccccc2)c2c3cc4ccccc4cc3c(=C)c(=Nc3ccccc3)n12. The van der Waals surface area contributed by atoms with Gasteiger partial charge in [0.25, 0.3) is 0 Å². The maximum absolute atomic E-state index is 5.03. The predicted octanol–water partition coefficient (Wildman–Crippen LogP) is 6.61. The van der Waals surface area contributed by atoms with Crippen LogP contribution in [0.1, 0.15) is 0 Å². The zero-order valence-electron chi connectivity index (χ0n) is 18.1. The fraction of sp³-hybridized carbons (Fsp3) is 0. The molecule has 0 saturated carbocycles. The minimum Gasteiger partial charge on any atom is -0.277 e. The molecule has 2 heterocycles. The first-order valence-corrected chi connectivity index (χ1v) is 10.9. The summed E-state index contributed by atoms with van der Waals surface area (Å²) < 4.78 is 2.10. The maximum atomic E-state index is 5.03. The molecular weight excluding hydrogens is 402 g/mol. The molecule has 0 unspecified atom stereocenters. The Hall–Kier alpha value is -4.50. The highest BCUT2D eigenvalue weighted by atomic mass is 15.1. The van der Waals surface area contributed by atoms with Crippen LogP contribution in [0.2, 0.25) is 0 Å². The van der Waals surface area contributed by atoms with Crippen LogP contribution in [0.3, 0.4) is 0 Å². The van der Waals surface area contributed by atoms with Crippen molar-refractivity contribution in [2.24, 2.45) is 9.98 Å². The van der Waals surface area contributed by atoms with Gasteiger partial charge in [0.05, 0.1) is 11.2 Å². The average molecular weight is 424 g/mol. The molecule has 6 rings (SSSR count). The fourth-order valence-electron chi connectivity index (χ4n) is 4.61. The number of rotatable bonds is 3. The Labute approximate surface area is 191 Å². The number of hydrogen-bond donors (Lipinski definition) is 0. The van der Waals surface area contributed by atoms with Crippen LogP contribution in [-0.4, -0.2) is 11.1 Å². The van der Waals surface area contributed by atoms with E-state index in [0.29, 0.717) is 0 Å². The van der Waals surface area contributed by atoms with E-state index < -0.39 is 0 Å². The highest BCUT2D eigenvalue weighted by Crippen LogP contribution is 2.35. The molecule has 0 radical (unpaired) electrons. The van der Waals surface area contributed by atoms with E-state index in [1.807, 2.05) is 36.4 Å². The molecule has 0 bridgehead atoms. The molecule has 0 aliphatic heterocycles. The lowest BCUT2D eigenvalue weighted by molar-refractivity contribution is 1.05. The van der Waals surface area contributed by atoms with Crippen molar-refractivity contribution in [2.75, 3.05) is 0 Å². The van der Waals surface area contributed by atoms with Crippen molar-refractivity contribution >= 4 is 51.9 Å². The van der Waals surface area contributed by atoms with Gasteiger partial charge in [-0.15, -0.1) is 0 Å². The zero-order chi connectivity index (χ0) is 22.4. The van der Waals surface area contributed by atoms with E-state index in [1.54, 1.807) is 0 Å². The normalized spacial score (nSPS) is 12.1. The van der Waals surface area contributed by atoms with E-state index in [1.165, 1.54) is 10.8 Å². The molecule has 0 atom stereocenters. The van der Waals surface area contributed by atoms with Gasteiger partial charge in [-0.1, -0.05) is 79.4 Å². The summed E-state index contributed by atoms with van der Waals surface area (Å²) in [5.74, 6) is 0.749. The van der Waals surface area contributed by atoms with Gasteiger partial charge < -0.3 is 0 Å². The van der Waals surface area contributed by atoms with E-state index in [0.717, 1.165) is 49.6 Å². The monoisotopic (exact) mass is 423 g/mol. The van der Waals surface area contributed by atoms with Crippen LogP contribution in [0.4, 0.5) is 11.5 Å². The number of para-hydroxylation sites is 1. The van der Waals surface area contributed by atoms with Crippen molar-refractivity contribution in [3.05, 3.63) is 114 Å². The van der Waals surface area contributed by atoms with Crippen molar-refractivity contribution in [3.63, 3.8) is 0 Å². The first kappa shape index (κ1) is 19.2. The van der Waals surface area contributed by atoms with Gasteiger partial charge in [0.15, 0.2) is 0 Å². The molecule has 4 aromatic carbocycles. The largest absolute Gasteiger partial charge is 0.277 e. The van der Waals surface area contributed by atoms with Crippen LogP contribution in [0.15, 0.2) is 113 Å². The third-order valence-corrected chi connectivity index (χ3v) is 6.17. The number of hydrogen-bond acceptors (Lipinski definition) is 2. The Bertz CT molecular complexity index is 1780. The summed E-state index contributed by atoms with van der Waals surface area (Å²) in [6.45, 7) is 8.35. The molecule has 0 amide bonds. The Morgan fingerprint density at radius 2 is 1.27 bits per heavy atom. The number of fused-ring (bicyclic) bond motifs is 4. The smallest absolute Gasteiger partial charge is 0.146 e. The summed E-state index contributed by atoms with van der Waals surface area (Å²) in [5, 5.41) is 5.45. The lowest BCUT2D eigenvalue weighted by atomic mass is 9.99. The molecule has 3 heteroatoms. The highest BCUT2D eigenvalue weighted by molar-refractivity contribution is 6.10. The summed E-state index contributed by atoms with van der Waals surface area (Å²) >= 11 is 0. The minimum absolute atomic E-state index is 0.749. The Morgan fingerprint density at radius 3 is 1.94 bits per heavy atom. The summed E-state index contributed by atoms with van der Waals surface area (Å²) in [6, 6.07) is 35.4. The minimum atomic E-state index is 0.749. The van der Waals surface area contributed by atoms with E-state index in [4.69, 9.17) is 4.99 Å². The molecule has 156 valence electrons. The third-order valence-electron chi connectivity index (χ3n) is 6.17. The van der Waals surface area contributed by atoms with Gasteiger partial charge in [-0.05, 0) is 58.8 Å². The van der Waals surface area contributed by atoms with Gasteiger partial charge in [-0.3, -0.25) is 4.40 Å². The van der Waals surface area contributed by atoms with Crippen molar-refractivity contribution in [3.8, 4) is 11.1 Å². The van der Waals surface area contributed by atoms with E-state index in [2.05, 4.69) is 89.4 Å². The molecular formula is C30H21N3. The summed E-state index contributed by atoms with van der Waals surface area (Å²) in [7, 11) is 0. The highest BCUT2D eigenvalue weighted by Gasteiger charge is 2.17. The van der Waals surface area contributed by atoms with Crippen LogP contribution in [0.5, 0.6) is 0 Å². The summed E-state index contributed by atoms with van der Waals surface area (Å²) in [5.41, 5.74) is 4.92. The number of nitrogens with zero attached hydrogens (tertiary/aromatic N) is 3. The number of pyridine rings is 1. The van der Waals surface area contributed by atoms with Crippen LogP contribution < -0.4 is 10.7 Å². The van der Waals surface area contributed by atoms with Crippen molar-refractivity contribution < 1.29 is 0 Å². The lowest BCUT2D eigenvalue weighted by Gasteiger charge is -2.10. The molecule has 3 nitrogen and oxygen atoms in total. The average Bonchev–Trinajstić information content (AvgIpc) is 3.26. The maximum Gasteiger partial charge on any atom is 0.146 e. The Morgan fingerprint density at radius 1 is 0.667 bits per heavy atom. The van der Waals surface area contributed by atoms with Gasteiger partial charge in [0.1, 0.15) is 11.3 Å². The van der Waals surface area contributed by atoms with Gasteiger partial charge in [0.2, 0.25) is 0 Å². The summed E-state index contributed by atoms with van der Waals surface area (Å²) in [6.07, 6.45) is 0. The molecule has 0 aliphatic carbocycles. The standard InChI is InChI=1S/C30H21N3/c1-20-25-17-22-13-9-10-14-23(22)18-27(25)29-26(21-11-5-3-6-12-21)19-28(31-2)33(29)30(20)32-24-15-7-4-8-16-24/h3-19H,1-2H2. The molecule has 0 spiro atoms. The number of aromatic nitrogens is 1. The number of aliphatic imine (C=N–C) groups is 1.